The normalized spacial score (nSPS) is 10.6. The van der Waals surface area contributed by atoms with Gasteiger partial charge < -0.3 is 4.74 Å². The van der Waals surface area contributed by atoms with Crippen LogP contribution in [0.15, 0.2) is 34.8 Å². The molecule has 0 spiro atoms. The highest BCUT2D eigenvalue weighted by Crippen LogP contribution is 2.33. The summed E-state index contributed by atoms with van der Waals surface area (Å²) < 4.78 is 32.7. The maximum absolute atomic E-state index is 13.6. The van der Waals surface area contributed by atoms with E-state index in [0.29, 0.717) is 20.6 Å². The molecule has 0 radical (unpaired) electrons. The van der Waals surface area contributed by atoms with Crippen LogP contribution in [-0.2, 0) is 5.33 Å². The Labute approximate surface area is 130 Å². The van der Waals surface area contributed by atoms with Crippen LogP contribution >= 0.6 is 43.5 Å². The van der Waals surface area contributed by atoms with Crippen molar-refractivity contribution in [1.29, 1.82) is 0 Å². The highest BCUT2D eigenvalue weighted by atomic mass is 79.9. The third-order valence-corrected chi connectivity index (χ3v) is 3.65. The molecule has 0 aromatic heterocycles. The lowest BCUT2D eigenvalue weighted by atomic mass is 10.2. The number of ether oxygens (including phenoxy) is 1. The van der Waals surface area contributed by atoms with Crippen LogP contribution in [0.1, 0.15) is 5.56 Å². The van der Waals surface area contributed by atoms with E-state index in [-0.39, 0.29) is 5.75 Å². The van der Waals surface area contributed by atoms with Crippen LogP contribution < -0.4 is 4.74 Å². The molecule has 0 bridgehead atoms. The Balaban J connectivity index is 2.44. The zero-order chi connectivity index (χ0) is 14.0. The number of halogens is 5. The van der Waals surface area contributed by atoms with Crippen molar-refractivity contribution >= 4 is 43.5 Å². The summed E-state index contributed by atoms with van der Waals surface area (Å²) in [6.07, 6.45) is 0. The fourth-order valence-electron chi connectivity index (χ4n) is 1.46. The van der Waals surface area contributed by atoms with Gasteiger partial charge in [0.15, 0.2) is 11.6 Å². The molecule has 0 unspecified atom stereocenters. The molecule has 0 N–H and O–H groups in total. The number of hydrogen-bond acceptors (Lipinski definition) is 1. The van der Waals surface area contributed by atoms with Crippen molar-refractivity contribution in [2.75, 3.05) is 0 Å². The second-order valence-electron chi connectivity index (χ2n) is 3.69. The number of hydrogen-bond donors (Lipinski definition) is 0. The van der Waals surface area contributed by atoms with Crippen molar-refractivity contribution in [3.63, 3.8) is 0 Å². The first kappa shape index (κ1) is 14.8. The van der Waals surface area contributed by atoms with Crippen LogP contribution in [-0.4, -0.2) is 0 Å². The molecular formula is C13H7Br2ClF2O. The van der Waals surface area contributed by atoms with E-state index in [1.807, 2.05) is 0 Å². The lowest BCUT2D eigenvalue weighted by molar-refractivity contribution is 0.413. The molecule has 2 aromatic rings. The van der Waals surface area contributed by atoms with E-state index in [1.165, 1.54) is 6.07 Å². The van der Waals surface area contributed by atoms with Gasteiger partial charge in [-0.25, -0.2) is 4.39 Å². The summed E-state index contributed by atoms with van der Waals surface area (Å²) in [5.74, 6) is -1.84. The van der Waals surface area contributed by atoms with Crippen molar-refractivity contribution in [2.45, 2.75) is 5.33 Å². The van der Waals surface area contributed by atoms with E-state index >= 15 is 0 Å². The third kappa shape index (κ3) is 3.46. The van der Waals surface area contributed by atoms with Crippen LogP contribution in [0.4, 0.5) is 8.78 Å². The predicted molar refractivity (Wildman–Crippen MR) is 78.2 cm³/mol. The van der Waals surface area contributed by atoms with Crippen LogP contribution in [0, 0.1) is 11.6 Å². The van der Waals surface area contributed by atoms with Gasteiger partial charge in [-0.15, -0.1) is 0 Å². The van der Waals surface area contributed by atoms with Gasteiger partial charge in [0.25, 0.3) is 0 Å². The minimum absolute atomic E-state index is 0.198. The van der Waals surface area contributed by atoms with Crippen molar-refractivity contribution in [2.24, 2.45) is 0 Å². The van der Waals surface area contributed by atoms with Gasteiger partial charge >= 0.3 is 0 Å². The molecule has 0 amide bonds. The highest BCUT2D eigenvalue weighted by molar-refractivity contribution is 9.10. The fourth-order valence-corrected chi connectivity index (χ4v) is 2.49. The highest BCUT2D eigenvalue weighted by Gasteiger charge is 2.14. The second-order valence-corrected chi connectivity index (χ2v) is 5.60. The summed E-state index contributed by atoms with van der Waals surface area (Å²) in [6.45, 7) is 0. The lowest BCUT2D eigenvalue weighted by Gasteiger charge is -2.11. The Kier molecular flexibility index (Phi) is 4.81. The predicted octanol–water partition coefficient (Wildman–Crippen LogP) is 6.07. The summed E-state index contributed by atoms with van der Waals surface area (Å²) in [5, 5.41) is 0.966. The van der Waals surface area contributed by atoms with Crippen LogP contribution in [0.3, 0.4) is 0 Å². The van der Waals surface area contributed by atoms with Crippen molar-refractivity contribution < 1.29 is 13.5 Å². The minimum Gasteiger partial charge on any atom is -0.454 e. The quantitative estimate of drug-likeness (QED) is 0.439. The monoisotopic (exact) mass is 410 g/mol. The van der Waals surface area contributed by atoms with E-state index < -0.39 is 11.6 Å². The van der Waals surface area contributed by atoms with Crippen molar-refractivity contribution in [3.8, 4) is 11.5 Å². The fraction of sp³-hybridized carbons (Fsp3) is 0.0769. The molecular weight excluding hydrogens is 405 g/mol. The molecule has 0 fully saturated rings. The molecule has 0 saturated carbocycles. The van der Waals surface area contributed by atoms with E-state index in [2.05, 4.69) is 31.9 Å². The molecule has 6 heteroatoms. The van der Waals surface area contributed by atoms with E-state index in [4.69, 9.17) is 16.3 Å². The molecule has 1 nitrogen and oxygen atoms in total. The third-order valence-electron chi connectivity index (χ3n) is 2.35. The first-order valence-corrected chi connectivity index (χ1v) is 7.47. The molecule has 0 aliphatic carbocycles. The molecule has 0 atom stereocenters. The summed E-state index contributed by atoms with van der Waals surface area (Å²) >= 11 is 12.3. The molecule has 2 aromatic carbocycles. The summed E-state index contributed by atoms with van der Waals surface area (Å²) in [4.78, 5) is 0. The first-order chi connectivity index (χ1) is 9.01. The van der Waals surface area contributed by atoms with E-state index in [1.54, 1.807) is 18.2 Å². The number of benzene rings is 2. The van der Waals surface area contributed by atoms with Crippen molar-refractivity contribution in [1.82, 2.24) is 0 Å². The second kappa shape index (κ2) is 6.20. The summed E-state index contributed by atoms with van der Waals surface area (Å²) in [5.41, 5.74) is 0.782. The van der Waals surface area contributed by atoms with Crippen LogP contribution in [0.25, 0.3) is 0 Å². The SMILES string of the molecule is Fc1cc(Br)cc(Oc2cc(Cl)ccc2CBr)c1F. The molecule has 100 valence electrons. The lowest BCUT2D eigenvalue weighted by Crippen LogP contribution is -1.95. The molecule has 0 heterocycles. The maximum atomic E-state index is 13.6. The van der Waals surface area contributed by atoms with Gasteiger partial charge in [0, 0.05) is 20.4 Å². The Morgan fingerprint density at radius 2 is 1.84 bits per heavy atom. The Bertz CT molecular complexity index is 620. The van der Waals surface area contributed by atoms with Gasteiger partial charge in [0.2, 0.25) is 5.82 Å². The molecule has 0 aliphatic heterocycles. The molecule has 2 rings (SSSR count). The number of rotatable bonds is 3. The average molecular weight is 412 g/mol. The Morgan fingerprint density at radius 1 is 1.11 bits per heavy atom. The average Bonchev–Trinajstić information content (AvgIpc) is 2.35. The standard InChI is InChI=1S/C13H7Br2ClF2O/c14-6-7-1-2-9(16)5-11(7)19-12-4-8(15)3-10(17)13(12)18/h1-5H,6H2. The first-order valence-electron chi connectivity index (χ1n) is 5.18. The van der Waals surface area contributed by atoms with Gasteiger partial charge in [-0.05, 0) is 24.3 Å². The van der Waals surface area contributed by atoms with Gasteiger partial charge in [-0.1, -0.05) is 49.5 Å². The van der Waals surface area contributed by atoms with Gasteiger partial charge in [0.05, 0.1) is 0 Å². The van der Waals surface area contributed by atoms with Crippen LogP contribution in [0.5, 0.6) is 11.5 Å². The summed E-state index contributed by atoms with van der Waals surface area (Å²) in [7, 11) is 0. The van der Waals surface area contributed by atoms with Crippen molar-refractivity contribution in [3.05, 3.63) is 57.0 Å². The smallest absolute Gasteiger partial charge is 0.201 e. The zero-order valence-electron chi connectivity index (χ0n) is 9.39. The minimum atomic E-state index is -1.04. The Morgan fingerprint density at radius 3 is 2.53 bits per heavy atom. The Hall–Kier alpha value is -0.650. The zero-order valence-corrected chi connectivity index (χ0v) is 13.3. The maximum Gasteiger partial charge on any atom is 0.201 e. The van der Waals surface area contributed by atoms with E-state index in [0.717, 1.165) is 11.6 Å². The van der Waals surface area contributed by atoms with E-state index in [9.17, 15) is 8.78 Å². The largest absolute Gasteiger partial charge is 0.454 e. The molecule has 0 saturated heterocycles. The van der Waals surface area contributed by atoms with Gasteiger partial charge in [-0.2, -0.15) is 4.39 Å². The topological polar surface area (TPSA) is 9.23 Å². The van der Waals surface area contributed by atoms with Crippen LogP contribution in [0.2, 0.25) is 5.02 Å². The molecule has 0 aliphatic rings. The van der Waals surface area contributed by atoms with Gasteiger partial charge in [0.1, 0.15) is 5.75 Å². The number of alkyl halides is 1. The van der Waals surface area contributed by atoms with Gasteiger partial charge in [-0.3, -0.25) is 0 Å². The molecule has 19 heavy (non-hydrogen) atoms. The summed E-state index contributed by atoms with van der Waals surface area (Å²) in [6, 6.07) is 7.39.